The van der Waals surface area contributed by atoms with Crippen molar-refractivity contribution in [2.24, 2.45) is 0 Å². The van der Waals surface area contributed by atoms with Gasteiger partial charge >= 0.3 is 0 Å². The Morgan fingerprint density at radius 3 is 2.25 bits per heavy atom. The van der Waals surface area contributed by atoms with Gasteiger partial charge in [-0.25, -0.2) is 0 Å². The Bertz CT molecular complexity index is 592. The second-order valence-electron chi connectivity index (χ2n) is 5.10. The number of hydrogen-bond donors (Lipinski definition) is 2. The van der Waals surface area contributed by atoms with Crippen LogP contribution in [0.3, 0.4) is 0 Å². The van der Waals surface area contributed by atoms with E-state index in [4.69, 9.17) is 28.9 Å². The molecule has 20 heavy (non-hydrogen) atoms. The Kier molecular flexibility index (Phi) is 4.79. The summed E-state index contributed by atoms with van der Waals surface area (Å²) >= 11 is 11.9. The van der Waals surface area contributed by atoms with E-state index in [1.54, 1.807) is 12.1 Å². The minimum absolute atomic E-state index is 0.469. The molecule has 0 aliphatic heterocycles. The molecule has 0 fully saturated rings. The number of nitrogens with one attached hydrogen (secondary N) is 1. The fourth-order valence-electron chi connectivity index (χ4n) is 1.93. The van der Waals surface area contributed by atoms with E-state index in [-0.39, 0.29) is 0 Å². The topological polar surface area (TPSA) is 38.0 Å². The van der Waals surface area contributed by atoms with Crippen LogP contribution in [0, 0.1) is 0 Å². The summed E-state index contributed by atoms with van der Waals surface area (Å²) in [6, 6.07) is 12.0. The van der Waals surface area contributed by atoms with Gasteiger partial charge in [-0.15, -0.1) is 0 Å². The lowest BCUT2D eigenvalue weighted by Crippen LogP contribution is -2.03. The fourth-order valence-corrected chi connectivity index (χ4v) is 2.27. The summed E-state index contributed by atoms with van der Waals surface area (Å²) in [6.45, 7) is 5.06. The van der Waals surface area contributed by atoms with Gasteiger partial charge in [0.25, 0.3) is 0 Å². The third-order valence-electron chi connectivity index (χ3n) is 3.22. The molecule has 0 atom stereocenters. The molecule has 0 radical (unpaired) electrons. The lowest BCUT2D eigenvalue weighted by atomic mass is 10.0. The molecule has 3 N–H and O–H groups in total. The molecule has 2 aromatic rings. The number of anilines is 2. The predicted octanol–water partition coefficient (Wildman–Crippen LogP) is 5.31. The fraction of sp³-hybridized carbons (Fsp3) is 0.250. The van der Waals surface area contributed by atoms with Gasteiger partial charge in [-0.3, -0.25) is 0 Å². The molecule has 0 amide bonds. The Labute approximate surface area is 129 Å². The normalized spacial score (nSPS) is 10.8. The van der Waals surface area contributed by atoms with Crippen molar-refractivity contribution in [1.82, 2.24) is 0 Å². The van der Waals surface area contributed by atoms with Gasteiger partial charge in [-0.2, -0.15) is 0 Å². The zero-order chi connectivity index (χ0) is 14.7. The number of halogens is 2. The van der Waals surface area contributed by atoms with E-state index in [2.05, 4.69) is 43.4 Å². The Morgan fingerprint density at radius 1 is 1.05 bits per heavy atom. The smallest absolute Gasteiger partial charge is 0.0614 e. The van der Waals surface area contributed by atoms with Crippen molar-refractivity contribution in [2.45, 2.75) is 26.3 Å². The van der Waals surface area contributed by atoms with Crippen LogP contribution in [0.4, 0.5) is 11.4 Å². The molecular formula is C16H18Cl2N2. The second-order valence-corrected chi connectivity index (χ2v) is 5.92. The highest BCUT2D eigenvalue weighted by molar-refractivity contribution is 6.42. The van der Waals surface area contributed by atoms with Crippen LogP contribution in [-0.2, 0) is 6.54 Å². The third kappa shape index (κ3) is 3.59. The van der Waals surface area contributed by atoms with Crippen LogP contribution < -0.4 is 11.1 Å². The zero-order valence-corrected chi connectivity index (χ0v) is 13.1. The van der Waals surface area contributed by atoms with Gasteiger partial charge in [0, 0.05) is 6.54 Å². The molecule has 0 aliphatic carbocycles. The first kappa shape index (κ1) is 15.0. The quantitative estimate of drug-likeness (QED) is 0.751. The van der Waals surface area contributed by atoms with E-state index >= 15 is 0 Å². The summed E-state index contributed by atoms with van der Waals surface area (Å²) in [5, 5.41) is 4.25. The van der Waals surface area contributed by atoms with Gasteiger partial charge in [-0.05, 0) is 29.2 Å². The molecule has 2 nitrogen and oxygen atoms in total. The average molecular weight is 309 g/mol. The molecule has 2 rings (SSSR count). The van der Waals surface area contributed by atoms with Crippen LogP contribution in [0.15, 0.2) is 36.4 Å². The first-order valence-electron chi connectivity index (χ1n) is 6.54. The van der Waals surface area contributed by atoms with Gasteiger partial charge < -0.3 is 11.1 Å². The highest BCUT2D eigenvalue weighted by Gasteiger charge is 2.05. The van der Waals surface area contributed by atoms with E-state index in [9.17, 15) is 0 Å². The summed E-state index contributed by atoms with van der Waals surface area (Å²) in [5.41, 5.74) is 9.84. The summed E-state index contributed by atoms with van der Waals surface area (Å²) in [5.74, 6) is 0.544. The van der Waals surface area contributed by atoms with E-state index < -0.39 is 0 Å². The number of benzene rings is 2. The van der Waals surface area contributed by atoms with E-state index in [1.165, 1.54) is 11.1 Å². The van der Waals surface area contributed by atoms with Crippen molar-refractivity contribution >= 4 is 34.6 Å². The van der Waals surface area contributed by atoms with Gasteiger partial charge in [0.15, 0.2) is 0 Å². The highest BCUT2D eigenvalue weighted by Crippen LogP contribution is 2.31. The molecule has 4 heteroatoms. The molecule has 0 unspecified atom stereocenters. The number of rotatable bonds is 4. The molecule has 2 aromatic carbocycles. The van der Waals surface area contributed by atoms with Gasteiger partial charge in [0.1, 0.15) is 0 Å². The van der Waals surface area contributed by atoms with Crippen LogP contribution >= 0.6 is 23.2 Å². The molecule has 106 valence electrons. The minimum Gasteiger partial charge on any atom is -0.397 e. The Morgan fingerprint density at radius 2 is 1.65 bits per heavy atom. The summed E-state index contributed by atoms with van der Waals surface area (Å²) in [7, 11) is 0. The minimum atomic E-state index is 0.469. The Balaban J connectivity index is 2.07. The maximum Gasteiger partial charge on any atom is 0.0614 e. The van der Waals surface area contributed by atoms with Crippen LogP contribution in [0.1, 0.15) is 30.9 Å². The first-order valence-corrected chi connectivity index (χ1v) is 7.30. The summed E-state index contributed by atoms with van der Waals surface area (Å²) in [4.78, 5) is 0. The zero-order valence-electron chi connectivity index (χ0n) is 11.6. The SMILES string of the molecule is CC(C)c1ccc(CNc2cc(Cl)c(Cl)cc2N)cc1. The van der Waals surface area contributed by atoms with Crippen molar-refractivity contribution in [2.75, 3.05) is 11.1 Å². The lowest BCUT2D eigenvalue weighted by molar-refractivity contribution is 0.865. The monoisotopic (exact) mass is 308 g/mol. The Hall–Kier alpha value is -1.38. The average Bonchev–Trinajstić information content (AvgIpc) is 2.42. The van der Waals surface area contributed by atoms with Crippen molar-refractivity contribution in [3.8, 4) is 0 Å². The number of hydrogen-bond acceptors (Lipinski definition) is 2. The van der Waals surface area contributed by atoms with Gasteiger partial charge in [-0.1, -0.05) is 61.3 Å². The van der Waals surface area contributed by atoms with E-state index in [0.717, 1.165) is 5.69 Å². The van der Waals surface area contributed by atoms with Crippen LogP contribution in [0.2, 0.25) is 10.0 Å². The van der Waals surface area contributed by atoms with Crippen molar-refractivity contribution in [3.05, 3.63) is 57.6 Å². The van der Waals surface area contributed by atoms with E-state index in [0.29, 0.717) is 28.2 Å². The maximum atomic E-state index is 6.00. The highest BCUT2D eigenvalue weighted by atomic mass is 35.5. The summed E-state index contributed by atoms with van der Waals surface area (Å²) in [6.07, 6.45) is 0. The second kappa shape index (κ2) is 6.38. The van der Waals surface area contributed by atoms with Gasteiger partial charge in [0.2, 0.25) is 0 Å². The van der Waals surface area contributed by atoms with E-state index in [1.807, 2.05) is 0 Å². The van der Waals surface area contributed by atoms with Crippen molar-refractivity contribution in [1.29, 1.82) is 0 Å². The molecule has 0 aliphatic rings. The van der Waals surface area contributed by atoms with Gasteiger partial charge in [0.05, 0.1) is 21.4 Å². The molecule has 0 bridgehead atoms. The standard InChI is InChI=1S/C16H18Cl2N2/c1-10(2)12-5-3-11(4-6-12)9-20-16-8-14(18)13(17)7-15(16)19/h3-8,10,20H,9,19H2,1-2H3. The van der Waals surface area contributed by atoms with Crippen LogP contribution in [0.5, 0.6) is 0 Å². The van der Waals surface area contributed by atoms with Crippen molar-refractivity contribution in [3.63, 3.8) is 0 Å². The van der Waals surface area contributed by atoms with Crippen molar-refractivity contribution < 1.29 is 0 Å². The molecule has 0 heterocycles. The third-order valence-corrected chi connectivity index (χ3v) is 3.94. The lowest BCUT2D eigenvalue weighted by Gasteiger charge is -2.12. The maximum absolute atomic E-state index is 6.00. The molecule has 0 saturated carbocycles. The largest absolute Gasteiger partial charge is 0.397 e. The number of nitrogens with two attached hydrogens (primary N) is 1. The first-order chi connectivity index (χ1) is 9.47. The van der Waals surface area contributed by atoms with Crippen LogP contribution in [-0.4, -0.2) is 0 Å². The summed E-state index contributed by atoms with van der Waals surface area (Å²) < 4.78 is 0. The molecule has 0 aromatic heterocycles. The molecule has 0 saturated heterocycles. The number of nitrogen functional groups attached to an aromatic ring is 1. The molecule has 0 spiro atoms. The van der Waals surface area contributed by atoms with Crippen LogP contribution in [0.25, 0.3) is 0 Å². The molecular weight excluding hydrogens is 291 g/mol. The predicted molar refractivity (Wildman–Crippen MR) is 88.7 cm³/mol.